The Balaban J connectivity index is 1.58. The third-order valence-electron chi connectivity index (χ3n) is 4.59. The molecular weight excluding hydrogens is 262 g/mol. The van der Waals surface area contributed by atoms with Crippen molar-refractivity contribution in [3.05, 3.63) is 29.3 Å². The molecule has 1 aromatic carbocycles. The maximum Gasteiger partial charge on any atom is 0.227 e. The minimum Gasteiger partial charge on any atom is -0.393 e. The molecule has 3 unspecified atom stereocenters. The van der Waals surface area contributed by atoms with E-state index in [9.17, 15) is 9.90 Å². The molecule has 102 valence electrons. The fourth-order valence-corrected chi connectivity index (χ4v) is 3.69. The van der Waals surface area contributed by atoms with Gasteiger partial charge in [-0.15, -0.1) is 0 Å². The molecule has 5 atom stereocenters. The lowest BCUT2D eigenvalue weighted by Gasteiger charge is -2.15. The highest BCUT2D eigenvalue weighted by Crippen LogP contribution is 2.60. The molecule has 3 nitrogen and oxygen atoms in total. The smallest absolute Gasteiger partial charge is 0.227 e. The van der Waals surface area contributed by atoms with Gasteiger partial charge < -0.3 is 10.4 Å². The van der Waals surface area contributed by atoms with Crippen molar-refractivity contribution in [3.63, 3.8) is 0 Å². The molecule has 4 heteroatoms. The second kappa shape index (κ2) is 4.80. The molecule has 2 fully saturated rings. The minimum absolute atomic E-state index is 0.0122. The molecule has 0 bridgehead atoms. The van der Waals surface area contributed by atoms with Crippen molar-refractivity contribution < 1.29 is 9.90 Å². The number of benzene rings is 1. The highest BCUT2D eigenvalue weighted by molar-refractivity contribution is 6.30. The number of hydrogen-bond acceptors (Lipinski definition) is 2. The molecule has 0 aromatic heterocycles. The summed E-state index contributed by atoms with van der Waals surface area (Å²) >= 11 is 5.81. The summed E-state index contributed by atoms with van der Waals surface area (Å²) in [4.78, 5) is 12.2. The SMILES string of the molecule is CC(C(=O)Nc1ccc(Cl)cc1)C1[C@H]2CC(O)C[C@@H]12. The molecule has 3 rings (SSSR count). The van der Waals surface area contributed by atoms with Crippen LogP contribution in [0.15, 0.2) is 24.3 Å². The third kappa shape index (κ3) is 2.49. The van der Waals surface area contributed by atoms with Gasteiger partial charge in [0, 0.05) is 16.6 Å². The number of halogens is 1. The van der Waals surface area contributed by atoms with Crippen LogP contribution >= 0.6 is 11.6 Å². The number of anilines is 1. The van der Waals surface area contributed by atoms with Crippen LogP contribution in [0.1, 0.15) is 19.8 Å². The van der Waals surface area contributed by atoms with Crippen LogP contribution in [0.2, 0.25) is 5.02 Å². The van der Waals surface area contributed by atoms with Crippen LogP contribution in [0.5, 0.6) is 0 Å². The normalized spacial score (nSPS) is 33.6. The van der Waals surface area contributed by atoms with Crippen LogP contribution < -0.4 is 5.32 Å². The summed E-state index contributed by atoms with van der Waals surface area (Å²) in [7, 11) is 0. The Morgan fingerprint density at radius 2 is 1.89 bits per heavy atom. The summed E-state index contributed by atoms with van der Waals surface area (Å²) in [6.45, 7) is 1.99. The average molecular weight is 280 g/mol. The van der Waals surface area contributed by atoms with Crippen LogP contribution in [0, 0.1) is 23.7 Å². The van der Waals surface area contributed by atoms with E-state index in [-0.39, 0.29) is 17.9 Å². The molecular formula is C15H18ClNO2. The monoisotopic (exact) mass is 279 g/mol. The van der Waals surface area contributed by atoms with E-state index in [1.165, 1.54) is 0 Å². The number of aliphatic hydroxyl groups excluding tert-OH is 1. The number of rotatable bonds is 3. The standard InChI is InChI=1S/C15H18ClNO2/c1-8(14-12-6-11(18)7-13(12)14)15(19)17-10-4-2-9(16)3-5-10/h2-5,8,11-14,18H,6-7H2,1H3,(H,17,19)/t8?,11?,12-,13+,14?. The number of aliphatic hydroxyl groups is 1. The molecule has 0 heterocycles. The molecule has 2 aliphatic rings. The topological polar surface area (TPSA) is 49.3 Å². The largest absolute Gasteiger partial charge is 0.393 e. The van der Waals surface area contributed by atoms with Gasteiger partial charge in [0.1, 0.15) is 0 Å². The fraction of sp³-hybridized carbons (Fsp3) is 0.533. The van der Waals surface area contributed by atoms with Crippen LogP contribution in [0.25, 0.3) is 0 Å². The van der Waals surface area contributed by atoms with Crippen molar-refractivity contribution in [2.24, 2.45) is 23.7 Å². The van der Waals surface area contributed by atoms with Crippen LogP contribution in [0.3, 0.4) is 0 Å². The van der Waals surface area contributed by atoms with Gasteiger partial charge in [-0.05, 0) is 54.9 Å². The van der Waals surface area contributed by atoms with Crippen molar-refractivity contribution in [3.8, 4) is 0 Å². The zero-order valence-electron chi connectivity index (χ0n) is 10.8. The van der Waals surface area contributed by atoms with E-state index < -0.39 is 0 Å². The first-order valence-electron chi connectivity index (χ1n) is 6.81. The van der Waals surface area contributed by atoms with Crippen LogP contribution in [-0.4, -0.2) is 17.1 Å². The van der Waals surface area contributed by atoms with Gasteiger partial charge in [0.15, 0.2) is 0 Å². The average Bonchev–Trinajstić information content (AvgIpc) is 2.88. The molecule has 0 saturated heterocycles. The van der Waals surface area contributed by atoms with E-state index in [0.29, 0.717) is 22.8 Å². The van der Waals surface area contributed by atoms with Gasteiger partial charge in [0.25, 0.3) is 0 Å². The lowest BCUT2D eigenvalue weighted by Crippen LogP contribution is -2.24. The Bertz CT molecular complexity index is 475. The van der Waals surface area contributed by atoms with E-state index >= 15 is 0 Å². The van der Waals surface area contributed by atoms with Crippen molar-refractivity contribution in [2.45, 2.75) is 25.9 Å². The first-order valence-corrected chi connectivity index (χ1v) is 7.18. The van der Waals surface area contributed by atoms with Gasteiger partial charge in [0.2, 0.25) is 5.91 Å². The predicted octanol–water partition coefficient (Wildman–Crippen LogP) is 2.93. The zero-order chi connectivity index (χ0) is 13.6. The molecule has 2 aliphatic carbocycles. The molecule has 0 radical (unpaired) electrons. The van der Waals surface area contributed by atoms with Gasteiger partial charge in [-0.1, -0.05) is 18.5 Å². The summed E-state index contributed by atoms with van der Waals surface area (Å²) in [6.07, 6.45) is 1.60. The number of carbonyl (C=O) groups is 1. The lowest BCUT2D eigenvalue weighted by molar-refractivity contribution is -0.120. The van der Waals surface area contributed by atoms with E-state index in [1.54, 1.807) is 12.1 Å². The van der Waals surface area contributed by atoms with E-state index in [0.717, 1.165) is 18.5 Å². The first-order chi connectivity index (χ1) is 9.06. The first kappa shape index (κ1) is 12.9. The molecule has 1 aromatic rings. The van der Waals surface area contributed by atoms with Crippen molar-refractivity contribution in [1.82, 2.24) is 0 Å². The van der Waals surface area contributed by atoms with Gasteiger partial charge in [0.05, 0.1) is 6.10 Å². The predicted molar refractivity (Wildman–Crippen MR) is 75.0 cm³/mol. The molecule has 19 heavy (non-hydrogen) atoms. The maximum absolute atomic E-state index is 12.2. The molecule has 2 saturated carbocycles. The van der Waals surface area contributed by atoms with Crippen molar-refractivity contribution in [2.75, 3.05) is 5.32 Å². The number of hydrogen-bond donors (Lipinski definition) is 2. The summed E-state index contributed by atoms with van der Waals surface area (Å²) in [5.74, 6) is 1.65. The fourth-order valence-electron chi connectivity index (χ4n) is 3.57. The minimum atomic E-state index is -0.141. The summed E-state index contributed by atoms with van der Waals surface area (Å²) in [5.41, 5.74) is 0.784. The number of fused-ring (bicyclic) bond motifs is 1. The molecule has 1 amide bonds. The Morgan fingerprint density at radius 3 is 2.47 bits per heavy atom. The second-order valence-electron chi connectivity index (χ2n) is 5.82. The summed E-state index contributed by atoms with van der Waals surface area (Å²) < 4.78 is 0. The van der Waals surface area contributed by atoms with Crippen LogP contribution in [-0.2, 0) is 4.79 Å². The number of nitrogens with one attached hydrogen (secondary N) is 1. The Kier molecular flexibility index (Phi) is 3.27. The van der Waals surface area contributed by atoms with Gasteiger partial charge >= 0.3 is 0 Å². The Hall–Kier alpha value is -1.06. The van der Waals surface area contributed by atoms with Gasteiger partial charge in [-0.25, -0.2) is 0 Å². The van der Waals surface area contributed by atoms with Crippen molar-refractivity contribution >= 4 is 23.2 Å². The number of amides is 1. The van der Waals surface area contributed by atoms with Gasteiger partial charge in [-0.3, -0.25) is 4.79 Å². The summed E-state index contributed by atoms with van der Waals surface area (Å²) in [6, 6.07) is 7.16. The molecule has 2 N–H and O–H groups in total. The second-order valence-corrected chi connectivity index (χ2v) is 6.25. The van der Waals surface area contributed by atoms with E-state index in [4.69, 9.17) is 11.6 Å². The zero-order valence-corrected chi connectivity index (χ0v) is 11.6. The number of carbonyl (C=O) groups excluding carboxylic acids is 1. The van der Waals surface area contributed by atoms with E-state index in [2.05, 4.69) is 5.32 Å². The maximum atomic E-state index is 12.2. The highest BCUT2D eigenvalue weighted by Gasteiger charge is 2.58. The molecule has 0 spiro atoms. The van der Waals surface area contributed by atoms with Crippen molar-refractivity contribution in [1.29, 1.82) is 0 Å². The third-order valence-corrected chi connectivity index (χ3v) is 4.84. The Morgan fingerprint density at radius 1 is 1.32 bits per heavy atom. The van der Waals surface area contributed by atoms with E-state index in [1.807, 2.05) is 19.1 Å². The molecule has 0 aliphatic heterocycles. The lowest BCUT2D eigenvalue weighted by atomic mass is 9.97. The highest BCUT2D eigenvalue weighted by atomic mass is 35.5. The van der Waals surface area contributed by atoms with Gasteiger partial charge in [-0.2, -0.15) is 0 Å². The quantitative estimate of drug-likeness (QED) is 0.894. The Labute approximate surface area is 118 Å². The van der Waals surface area contributed by atoms with Crippen LogP contribution in [0.4, 0.5) is 5.69 Å². The summed E-state index contributed by atoms with van der Waals surface area (Å²) in [5, 5.41) is 13.1.